The topological polar surface area (TPSA) is 80.3 Å². The molecule has 0 spiro atoms. The second kappa shape index (κ2) is 6.44. The van der Waals surface area contributed by atoms with Gasteiger partial charge in [-0.15, -0.1) is 0 Å². The van der Waals surface area contributed by atoms with Gasteiger partial charge in [-0.05, 0) is 50.5 Å². The van der Waals surface area contributed by atoms with Crippen molar-refractivity contribution in [2.45, 2.75) is 31.6 Å². The zero-order valence-corrected chi connectivity index (χ0v) is 14.9. The van der Waals surface area contributed by atoms with Crippen LogP contribution in [-0.4, -0.2) is 20.0 Å². The second-order valence-electron chi connectivity index (χ2n) is 6.35. The molecule has 25 heavy (non-hydrogen) atoms. The van der Waals surface area contributed by atoms with Crippen molar-refractivity contribution in [1.29, 1.82) is 0 Å². The maximum Gasteiger partial charge on any atom is 0.261 e. The fourth-order valence-electron chi connectivity index (χ4n) is 2.53. The minimum absolute atomic E-state index is 0.0712. The summed E-state index contributed by atoms with van der Waals surface area (Å²) in [4.78, 5) is 23.6. The summed E-state index contributed by atoms with van der Waals surface area (Å²) < 4.78 is 27.7. The molecule has 0 unspecified atom stereocenters. The Labute approximate surface area is 147 Å². The van der Waals surface area contributed by atoms with E-state index in [9.17, 15) is 18.0 Å². The predicted molar refractivity (Wildman–Crippen MR) is 95.5 cm³/mol. The molecule has 1 N–H and O–H groups in total. The summed E-state index contributed by atoms with van der Waals surface area (Å²) in [6, 6.07) is 10.9. The van der Waals surface area contributed by atoms with Gasteiger partial charge in [0.2, 0.25) is 0 Å². The Morgan fingerprint density at radius 2 is 1.60 bits per heavy atom. The van der Waals surface area contributed by atoms with Crippen molar-refractivity contribution in [3.8, 4) is 0 Å². The smallest absolute Gasteiger partial charge is 0.261 e. The van der Waals surface area contributed by atoms with Crippen LogP contribution in [0.25, 0.3) is 0 Å². The van der Waals surface area contributed by atoms with Crippen LogP contribution in [-0.2, 0) is 10.0 Å². The molecule has 1 saturated carbocycles. The number of ketones is 2. The van der Waals surface area contributed by atoms with Crippen molar-refractivity contribution in [3.05, 3.63) is 59.2 Å². The molecule has 0 bridgehead atoms. The first-order valence-corrected chi connectivity index (χ1v) is 9.55. The number of benzene rings is 2. The number of Topliss-reactive ketones (excluding diaryl/α,β-unsaturated/α-hetero) is 2. The molecule has 0 amide bonds. The maximum atomic E-state index is 12.6. The molecule has 5 nitrogen and oxygen atoms in total. The summed E-state index contributed by atoms with van der Waals surface area (Å²) in [6.45, 7) is 3.19. The van der Waals surface area contributed by atoms with E-state index >= 15 is 0 Å². The van der Waals surface area contributed by atoms with Gasteiger partial charge in [0.05, 0.1) is 10.6 Å². The number of carbonyl (C=O) groups excluding carboxylic acids is 2. The number of aryl methyl sites for hydroxylation is 1. The average Bonchev–Trinajstić information content (AvgIpc) is 3.41. The number of anilines is 1. The van der Waals surface area contributed by atoms with Crippen molar-refractivity contribution in [3.63, 3.8) is 0 Å². The highest BCUT2D eigenvalue weighted by Gasteiger charge is 2.30. The van der Waals surface area contributed by atoms with Gasteiger partial charge in [-0.2, -0.15) is 0 Å². The van der Waals surface area contributed by atoms with E-state index in [1.807, 2.05) is 0 Å². The van der Waals surface area contributed by atoms with Crippen molar-refractivity contribution in [2.75, 3.05) is 4.72 Å². The first kappa shape index (κ1) is 17.4. The van der Waals surface area contributed by atoms with E-state index in [1.54, 1.807) is 31.2 Å². The minimum atomic E-state index is -3.80. The lowest BCUT2D eigenvalue weighted by Crippen LogP contribution is -2.14. The van der Waals surface area contributed by atoms with E-state index in [1.165, 1.54) is 25.1 Å². The Bertz CT molecular complexity index is 942. The van der Waals surface area contributed by atoms with E-state index < -0.39 is 10.0 Å². The van der Waals surface area contributed by atoms with E-state index in [2.05, 4.69) is 4.72 Å². The molecule has 3 rings (SSSR count). The van der Waals surface area contributed by atoms with Gasteiger partial charge >= 0.3 is 0 Å². The number of sulfonamides is 1. The molecule has 0 heterocycles. The molecule has 2 aromatic rings. The Morgan fingerprint density at radius 1 is 1.00 bits per heavy atom. The monoisotopic (exact) mass is 357 g/mol. The number of nitrogens with one attached hydrogen (secondary N) is 1. The largest absolute Gasteiger partial charge is 0.295 e. The number of hydrogen-bond donors (Lipinski definition) is 1. The lowest BCUT2D eigenvalue weighted by atomic mass is 10.1. The van der Waals surface area contributed by atoms with Gasteiger partial charge in [0.1, 0.15) is 0 Å². The van der Waals surface area contributed by atoms with Crippen LogP contribution < -0.4 is 4.72 Å². The third kappa shape index (κ3) is 3.79. The molecule has 0 aliphatic heterocycles. The summed E-state index contributed by atoms with van der Waals surface area (Å²) in [6.07, 6.45) is 1.82. The molecule has 0 radical (unpaired) electrons. The summed E-state index contributed by atoms with van der Waals surface area (Å²) in [5.74, 6) is 0.0304. The summed E-state index contributed by atoms with van der Waals surface area (Å²) in [7, 11) is -3.80. The highest BCUT2D eigenvalue weighted by molar-refractivity contribution is 7.92. The van der Waals surface area contributed by atoms with E-state index in [4.69, 9.17) is 0 Å². The summed E-state index contributed by atoms with van der Waals surface area (Å²) in [5, 5.41) is 0. The zero-order valence-electron chi connectivity index (χ0n) is 14.1. The van der Waals surface area contributed by atoms with Gasteiger partial charge in [-0.3, -0.25) is 14.3 Å². The third-order valence-electron chi connectivity index (χ3n) is 4.29. The molecule has 1 aliphatic carbocycles. The van der Waals surface area contributed by atoms with Crippen LogP contribution in [0, 0.1) is 12.8 Å². The molecular weight excluding hydrogens is 338 g/mol. The second-order valence-corrected chi connectivity index (χ2v) is 8.04. The fourth-order valence-corrected chi connectivity index (χ4v) is 3.66. The van der Waals surface area contributed by atoms with E-state index in [0.29, 0.717) is 22.4 Å². The van der Waals surface area contributed by atoms with Crippen LogP contribution in [0.2, 0.25) is 0 Å². The molecule has 0 aromatic heterocycles. The lowest BCUT2D eigenvalue weighted by Gasteiger charge is -2.12. The number of hydrogen-bond acceptors (Lipinski definition) is 4. The van der Waals surface area contributed by atoms with Crippen molar-refractivity contribution in [2.24, 2.45) is 5.92 Å². The molecule has 130 valence electrons. The van der Waals surface area contributed by atoms with Crippen molar-refractivity contribution >= 4 is 27.3 Å². The minimum Gasteiger partial charge on any atom is -0.295 e. The van der Waals surface area contributed by atoms with Gasteiger partial charge in [0.25, 0.3) is 10.0 Å². The Kier molecular flexibility index (Phi) is 4.47. The first-order chi connectivity index (χ1) is 11.8. The Morgan fingerprint density at radius 3 is 2.16 bits per heavy atom. The molecular formula is C19H19NO4S. The number of rotatable bonds is 6. The molecule has 1 fully saturated rings. The van der Waals surface area contributed by atoms with E-state index in [-0.39, 0.29) is 22.4 Å². The van der Waals surface area contributed by atoms with Crippen LogP contribution in [0.1, 0.15) is 46.0 Å². The average molecular weight is 357 g/mol. The predicted octanol–water partition coefficient (Wildman–Crippen LogP) is 3.59. The SMILES string of the molecule is CC(=O)c1ccc(C)c(NS(=O)(=O)c2ccc(C(=O)C3CC3)cc2)c1. The first-order valence-electron chi connectivity index (χ1n) is 8.06. The standard InChI is InChI=1S/C19H19NO4S/c1-12-3-4-16(13(2)21)11-18(12)20-25(23,24)17-9-7-15(8-10-17)19(22)14-5-6-14/h3-4,7-11,14,20H,5-6H2,1-2H3. The fraction of sp³-hybridized carbons (Fsp3) is 0.263. The lowest BCUT2D eigenvalue weighted by molar-refractivity contribution is 0.0966. The van der Waals surface area contributed by atoms with Gasteiger partial charge in [-0.1, -0.05) is 24.3 Å². The number of carbonyl (C=O) groups is 2. The summed E-state index contributed by atoms with van der Waals surface area (Å²) >= 11 is 0. The highest BCUT2D eigenvalue weighted by atomic mass is 32.2. The third-order valence-corrected chi connectivity index (χ3v) is 5.67. The van der Waals surface area contributed by atoms with Gasteiger partial charge < -0.3 is 0 Å². The summed E-state index contributed by atoms with van der Waals surface area (Å²) in [5.41, 5.74) is 2.06. The van der Waals surface area contributed by atoms with Gasteiger partial charge in [-0.25, -0.2) is 8.42 Å². The van der Waals surface area contributed by atoms with Crippen molar-refractivity contribution in [1.82, 2.24) is 0 Å². The molecule has 1 aliphatic rings. The Hall–Kier alpha value is -2.47. The molecule has 6 heteroatoms. The van der Waals surface area contributed by atoms with Crippen LogP contribution in [0.15, 0.2) is 47.4 Å². The van der Waals surface area contributed by atoms with E-state index in [0.717, 1.165) is 12.8 Å². The molecule has 0 atom stereocenters. The quantitative estimate of drug-likeness (QED) is 0.801. The van der Waals surface area contributed by atoms with Gasteiger partial charge in [0, 0.05) is 17.0 Å². The molecule has 2 aromatic carbocycles. The van der Waals surface area contributed by atoms with Gasteiger partial charge in [0.15, 0.2) is 11.6 Å². The normalized spacial score (nSPS) is 14.2. The zero-order chi connectivity index (χ0) is 18.2. The van der Waals surface area contributed by atoms with Crippen LogP contribution in [0.4, 0.5) is 5.69 Å². The van der Waals surface area contributed by atoms with Crippen LogP contribution in [0.3, 0.4) is 0 Å². The molecule has 0 saturated heterocycles. The highest BCUT2D eigenvalue weighted by Crippen LogP contribution is 2.32. The van der Waals surface area contributed by atoms with Crippen LogP contribution in [0.5, 0.6) is 0 Å². The van der Waals surface area contributed by atoms with Crippen molar-refractivity contribution < 1.29 is 18.0 Å². The maximum absolute atomic E-state index is 12.6. The Balaban J connectivity index is 1.85. The van der Waals surface area contributed by atoms with Crippen LogP contribution >= 0.6 is 0 Å².